The summed E-state index contributed by atoms with van der Waals surface area (Å²) in [4.78, 5) is 4.41. The fourth-order valence-corrected chi connectivity index (χ4v) is 3.03. The minimum absolute atomic E-state index is 0.611. The monoisotopic (exact) mass is 287 g/mol. The number of nitrogens with zero attached hydrogens (tertiary/aromatic N) is 4. The summed E-state index contributed by atoms with van der Waals surface area (Å²) in [6.07, 6.45) is 12.8. The third-order valence-electron chi connectivity index (χ3n) is 4.20. The average Bonchev–Trinajstić information content (AvgIpc) is 3.16. The van der Waals surface area contributed by atoms with Crippen molar-refractivity contribution in [1.82, 2.24) is 24.6 Å². The van der Waals surface area contributed by atoms with Crippen molar-refractivity contribution in [3.63, 3.8) is 0 Å². The van der Waals surface area contributed by atoms with Crippen molar-refractivity contribution in [2.45, 2.75) is 58.2 Å². The van der Waals surface area contributed by atoms with E-state index in [1.807, 2.05) is 6.33 Å². The molecule has 0 bridgehead atoms. The Morgan fingerprint density at radius 1 is 1.24 bits per heavy atom. The molecule has 1 aliphatic rings. The Bertz CT molecular complexity index is 551. The minimum Gasteiger partial charge on any atom is -0.331 e. The van der Waals surface area contributed by atoms with Gasteiger partial charge in [-0.15, -0.1) is 0 Å². The molecule has 1 aliphatic carbocycles. The number of hydrogen-bond donors (Lipinski definition) is 1. The van der Waals surface area contributed by atoms with Crippen molar-refractivity contribution in [2.75, 3.05) is 6.54 Å². The lowest BCUT2D eigenvalue weighted by atomic mass is 9.96. The Kier molecular flexibility index (Phi) is 4.70. The molecule has 0 saturated heterocycles. The highest BCUT2D eigenvalue weighted by atomic mass is 15.3. The van der Waals surface area contributed by atoms with Gasteiger partial charge in [0, 0.05) is 18.9 Å². The molecule has 2 aromatic rings. The van der Waals surface area contributed by atoms with Crippen LogP contribution in [0.2, 0.25) is 0 Å². The summed E-state index contributed by atoms with van der Waals surface area (Å²) in [5, 5.41) is 8.05. The fourth-order valence-electron chi connectivity index (χ4n) is 3.03. The molecule has 5 nitrogen and oxygen atoms in total. The summed E-state index contributed by atoms with van der Waals surface area (Å²) < 4.78 is 4.28. The van der Waals surface area contributed by atoms with Gasteiger partial charge in [0.1, 0.15) is 0 Å². The maximum absolute atomic E-state index is 4.75. The van der Waals surface area contributed by atoms with Gasteiger partial charge in [-0.1, -0.05) is 26.2 Å². The highest BCUT2D eigenvalue weighted by Gasteiger charge is 2.16. The number of imidazole rings is 1. The van der Waals surface area contributed by atoms with Crippen molar-refractivity contribution < 1.29 is 0 Å². The van der Waals surface area contributed by atoms with Crippen LogP contribution in [0.4, 0.5) is 0 Å². The Morgan fingerprint density at radius 3 is 2.90 bits per heavy atom. The summed E-state index contributed by atoms with van der Waals surface area (Å²) in [5.74, 6) is 0. The molecule has 114 valence electrons. The Morgan fingerprint density at radius 2 is 2.10 bits per heavy atom. The second-order valence-electron chi connectivity index (χ2n) is 5.90. The van der Waals surface area contributed by atoms with Crippen LogP contribution in [0.15, 0.2) is 24.8 Å². The van der Waals surface area contributed by atoms with Crippen LogP contribution in [0, 0.1) is 0 Å². The van der Waals surface area contributed by atoms with E-state index in [1.165, 1.54) is 32.1 Å². The minimum atomic E-state index is 0.611. The summed E-state index contributed by atoms with van der Waals surface area (Å²) in [6, 6.07) is 2.75. The zero-order chi connectivity index (χ0) is 14.5. The largest absolute Gasteiger partial charge is 0.331 e. The molecule has 1 saturated carbocycles. The molecular weight excluding hydrogens is 262 g/mol. The third-order valence-corrected chi connectivity index (χ3v) is 4.20. The molecule has 2 aromatic heterocycles. The Labute approximate surface area is 126 Å². The predicted octanol–water partition coefficient (Wildman–Crippen LogP) is 2.74. The van der Waals surface area contributed by atoms with Crippen molar-refractivity contribution >= 4 is 0 Å². The number of nitrogens with one attached hydrogen (secondary N) is 1. The lowest BCUT2D eigenvalue weighted by Crippen LogP contribution is -2.13. The van der Waals surface area contributed by atoms with Gasteiger partial charge in [-0.25, -0.2) is 4.98 Å². The smallest absolute Gasteiger partial charge is 0.0953 e. The summed E-state index contributed by atoms with van der Waals surface area (Å²) in [7, 11) is 0. The zero-order valence-corrected chi connectivity index (χ0v) is 12.8. The highest BCUT2D eigenvalue weighted by Crippen LogP contribution is 2.27. The van der Waals surface area contributed by atoms with E-state index in [4.69, 9.17) is 5.10 Å². The molecule has 2 heterocycles. The van der Waals surface area contributed by atoms with Crippen LogP contribution in [0.1, 0.15) is 56.5 Å². The summed E-state index contributed by atoms with van der Waals surface area (Å²) in [6.45, 7) is 4.71. The topological polar surface area (TPSA) is 47.7 Å². The van der Waals surface area contributed by atoms with E-state index < -0.39 is 0 Å². The standard InChI is InChI=1S/C16H25N5/c1-2-17-10-15-12-20(13-18-15)11-14-8-9-21(19-14)16-6-4-3-5-7-16/h8-9,12-13,16-17H,2-7,10-11H2,1H3. The van der Waals surface area contributed by atoms with E-state index in [0.717, 1.165) is 31.0 Å². The molecule has 0 spiro atoms. The van der Waals surface area contributed by atoms with Gasteiger partial charge in [-0.3, -0.25) is 4.68 Å². The van der Waals surface area contributed by atoms with Crippen LogP contribution in [0.25, 0.3) is 0 Å². The van der Waals surface area contributed by atoms with Gasteiger partial charge < -0.3 is 9.88 Å². The lowest BCUT2D eigenvalue weighted by molar-refractivity contribution is 0.328. The van der Waals surface area contributed by atoms with Crippen LogP contribution in [-0.4, -0.2) is 25.9 Å². The van der Waals surface area contributed by atoms with E-state index in [9.17, 15) is 0 Å². The van der Waals surface area contributed by atoms with E-state index >= 15 is 0 Å². The molecule has 0 radical (unpaired) electrons. The van der Waals surface area contributed by atoms with Crippen LogP contribution < -0.4 is 5.32 Å². The first-order chi connectivity index (χ1) is 10.3. The first kappa shape index (κ1) is 14.3. The first-order valence-corrected chi connectivity index (χ1v) is 8.10. The van der Waals surface area contributed by atoms with Gasteiger partial charge in [0.25, 0.3) is 0 Å². The van der Waals surface area contributed by atoms with Crippen LogP contribution in [0.3, 0.4) is 0 Å². The number of hydrogen-bond acceptors (Lipinski definition) is 3. The normalized spacial score (nSPS) is 16.4. The molecule has 0 unspecified atom stereocenters. The van der Waals surface area contributed by atoms with Gasteiger partial charge in [0.05, 0.1) is 30.3 Å². The quantitative estimate of drug-likeness (QED) is 0.888. The van der Waals surface area contributed by atoms with E-state index in [1.54, 1.807) is 0 Å². The van der Waals surface area contributed by atoms with Crippen molar-refractivity contribution in [3.8, 4) is 0 Å². The third kappa shape index (κ3) is 3.73. The van der Waals surface area contributed by atoms with Crippen molar-refractivity contribution in [1.29, 1.82) is 0 Å². The molecule has 0 atom stereocenters. The van der Waals surface area contributed by atoms with Crippen LogP contribution in [0.5, 0.6) is 0 Å². The molecule has 0 aliphatic heterocycles. The van der Waals surface area contributed by atoms with Crippen LogP contribution >= 0.6 is 0 Å². The Hall–Kier alpha value is -1.62. The molecule has 0 aromatic carbocycles. The molecule has 0 amide bonds. The summed E-state index contributed by atoms with van der Waals surface area (Å²) in [5.41, 5.74) is 2.21. The molecule has 1 fully saturated rings. The van der Waals surface area contributed by atoms with Gasteiger partial charge in [-0.05, 0) is 25.5 Å². The molecule has 1 N–H and O–H groups in total. The summed E-state index contributed by atoms with van der Waals surface area (Å²) >= 11 is 0. The van der Waals surface area contributed by atoms with Gasteiger partial charge in [0.2, 0.25) is 0 Å². The predicted molar refractivity (Wildman–Crippen MR) is 83.1 cm³/mol. The molecule has 21 heavy (non-hydrogen) atoms. The Balaban J connectivity index is 1.59. The first-order valence-electron chi connectivity index (χ1n) is 8.10. The van der Waals surface area contributed by atoms with E-state index in [0.29, 0.717) is 6.04 Å². The second-order valence-corrected chi connectivity index (χ2v) is 5.90. The van der Waals surface area contributed by atoms with Crippen LogP contribution in [-0.2, 0) is 13.1 Å². The van der Waals surface area contributed by atoms with Gasteiger partial charge >= 0.3 is 0 Å². The highest BCUT2D eigenvalue weighted by molar-refractivity contribution is 5.04. The zero-order valence-electron chi connectivity index (χ0n) is 12.8. The van der Waals surface area contributed by atoms with Crippen molar-refractivity contribution in [2.24, 2.45) is 0 Å². The second kappa shape index (κ2) is 6.89. The number of aromatic nitrogens is 4. The van der Waals surface area contributed by atoms with Gasteiger partial charge in [0.15, 0.2) is 0 Å². The average molecular weight is 287 g/mol. The SMILES string of the molecule is CCNCc1cn(Cc2ccn(C3CCCCC3)n2)cn1. The van der Waals surface area contributed by atoms with Gasteiger partial charge in [-0.2, -0.15) is 5.10 Å². The van der Waals surface area contributed by atoms with Crippen molar-refractivity contribution in [3.05, 3.63) is 36.2 Å². The molecule has 5 heteroatoms. The fraction of sp³-hybridized carbons (Fsp3) is 0.625. The van der Waals surface area contributed by atoms with E-state index in [2.05, 4.69) is 44.9 Å². The maximum Gasteiger partial charge on any atom is 0.0953 e. The maximum atomic E-state index is 4.75. The van der Waals surface area contributed by atoms with E-state index in [-0.39, 0.29) is 0 Å². The number of rotatable bonds is 6. The molecular formula is C16H25N5. The lowest BCUT2D eigenvalue weighted by Gasteiger charge is -2.21. The molecule has 3 rings (SSSR count).